The van der Waals surface area contributed by atoms with Crippen LogP contribution in [0.1, 0.15) is 6.42 Å². The second-order valence-electron chi connectivity index (χ2n) is 5.17. The average Bonchev–Trinajstić information content (AvgIpc) is 2.80. The fourth-order valence-electron chi connectivity index (χ4n) is 2.46. The van der Waals surface area contributed by atoms with Crippen molar-refractivity contribution in [1.82, 2.24) is 0 Å². The number of nitrogens with zero attached hydrogens (tertiary/aromatic N) is 1. The number of anilines is 2. The summed E-state index contributed by atoms with van der Waals surface area (Å²) in [5.41, 5.74) is 0.789. The molecular weight excluding hydrogens is 394 g/mol. The molecule has 1 aliphatic rings. The van der Waals surface area contributed by atoms with Gasteiger partial charge in [-0.3, -0.25) is 9.59 Å². The van der Waals surface area contributed by atoms with Crippen LogP contribution in [0.2, 0.25) is 20.1 Å². The molecule has 24 heavy (non-hydrogen) atoms. The third-order valence-corrected chi connectivity index (χ3v) is 4.94. The summed E-state index contributed by atoms with van der Waals surface area (Å²) in [4.78, 5) is 26.0. The van der Waals surface area contributed by atoms with Gasteiger partial charge in [0, 0.05) is 5.02 Å². The Balaban J connectivity index is 1.88. The zero-order chi connectivity index (χ0) is 17.4. The average molecular weight is 404 g/mol. The number of imide groups is 1. The van der Waals surface area contributed by atoms with Crippen LogP contribution >= 0.6 is 46.4 Å². The van der Waals surface area contributed by atoms with Gasteiger partial charge in [-0.05, 0) is 30.3 Å². The number of halogens is 4. The lowest BCUT2D eigenvalue weighted by Crippen LogP contribution is -2.35. The first kappa shape index (κ1) is 17.4. The molecule has 1 N–H and O–H groups in total. The Morgan fingerprint density at radius 1 is 1.00 bits per heavy atom. The van der Waals surface area contributed by atoms with Crippen molar-refractivity contribution in [1.29, 1.82) is 0 Å². The van der Waals surface area contributed by atoms with Crippen molar-refractivity contribution in [2.75, 3.05) is 10.2 Å². The Kier molecular flexibility index (Phi) is 4.92. The van der Waals surface area contributed by atoms with Crippen LogP contribution in [0.4, 0.5) is 11.4 Å². The highest BCUT2D eigenvalue weighted by atomic mass is 35.5. The monoisotopic (exact) mass is 402 g/mol. The molecule has 2 amide bonds. The number of amides is 2. The zero-order valence-electron chi connectivity index (χ0n) is 12.0. The Labute approximate surface area is 158 Å². The van der Waals surface area contributed by atoms with Crippen molar-refractivity contribution < 1.29 is 9.59 Å². The third kappa shape index (κ3) is 3.20. The molecule has 1 fully saturated rings. The molecule has 0 radical (unpaired) electrons. The second-order valence-corrected chi connectivity index (χ2v) is 6.79. The van der Waals surface area contributed by atoms with Crippen molar-refractivity contribution in [3.05, 3.63) is 56.5 Å². The van der Waals surface area contributed by atoms with Gasteiger partial charge >= 0.3 is 0 Å². The summed E-state index contributed by atoms with van der Waals surface area (Å²) in [7, 11) is 0. The molecule has 1 heterocycles. The lowest BCUT2D eigenvalue weighted by molar-refractivity contribution is -0.121. The summed E-state index contributed by atoms with van der Waals surface area (Å²) in [5, 5.41) is 4.24. The van der Waals surface area contributed by atoms with Gasteiger partial charge in [-0.2, -0.15) is 0 Å². The first-order chi connectivity index (χ1) is 11.4. The van der Waals surface area contributed by atoms with E-state index in [9.17, 15) is 9.59 Å². The SMILES string of the molecule is O=C1C[C@@H](Nc2ccc(Cl)cc2Cl)C(=O)N1c1cccc(Cl)c1Cl. The van der Waals surface area contributed by atoms with E-state index in [1.807, 2.05) is 0 Å². The maximum atomic E-state index is 12.6. The van der Waals surface area contributed by atoms with Crippen LogP contribution in [0.15, 0.2) is 36.4 Å². The molecule has 3 rings (SSSR count). The minimum Gasteiger partial charge on any atom is -0.372 e. The van der Waals surface area contributed by atoms with Crippen molar-refractivity contribution in [2.45, 2.75) is 12.5 Å². The fourth-order valence-corrected chi connectivity index (χ4v) is 3.30. The predicted octanol–water partition coefficient (Wildman–Crippen LogP) is 5.04. The molecule has 1 saturated heterocycles. The van der Waals surface area contributed by atoms with E-state index >= 15 is 0 Å². The largest absolute Gasteiger partial charge is 0.372 e. The number of benzene rings is 2. The summed E-state index contributed by atoms with van der Waals surface area (Å²) in [6.07, 6.45) is -0.0133. The maximum absolute atomic E-state index is 12.6. The molecule has 0 aliphatic carbocycles. The van der Waals surface area contributed by atoms with Crippen LogP contribution in [0.25, 0.3) is 0 Å². The molecule has 0 spiro atoms. The van der Waals surface area contributed by atoms with E-state index in [0.29, 0.717) is 15.7 Å². The summed E-state index contributed by atoms with van der Waals surface area (Å²) >= 11 is 24.0. The smallest absolute Gasteiger partial charge is 0.256 e. The number of carbonyl (C=O) groups excluding carboxylic acids is 2. The highest BCUT2D eigenvalue weighted by Crippen LogP contribution is 2.36. The van der Waals surface area contributed by atoms with Crippen molar-refractivity contribution in [3.8, 4) is 0 Å². The Morgan fingerprint density at radius 3 is 2.46 bits per heavy atom. The lowest BCUT2D eigenvalue weighted by atomic mass is 10.2. The van der Waals surface area contributed by atoms with Gasteiger partial charge in [0.15, 0.2) is 0 Å². The number of carbonyl (C=O) groups is 2. The summed E-state index contributed by atoms with van der Waals surface area (Å²) in [6, 6.07) is 8.88. The summed E-state index contributed by atoms with van der Waals surface area (Å²) in [5.74, 6) is -0.790. The molecule has 8 heteroatoms. The third-order valence-electron chi connectivity index (χ3n) is 3.58. The zero-order valence-corrected chi connectivity index (χ0v) is 15.0. The highest BCUT2D eigenvalue weighted by molar-refractivity contribution is 6.45. The van der Waals surface area contributed by atoms with Crippen molar-refractivity contribution in [3.63, 3.8) is 0 Å². The lowest BCUT2D eigenvalue weighted by Gasteiger charge is -2.18. The van der Waals surface area contributed by atoms with Gasteiger partial charge in [0.1, 0.15) is 6.04 Å². The Bertz CT molecular complexity index is 841. The van der Waals surface area contributed by atoms with E-state index < -0.39 is 11.9 Å². The standard InChI is InChI=1S/C16H10Cl4N2O2/c17-8-4-5-11(10(19)6-8)21-12-7-14(23)22(16(12)24)13-3-1-2-9(18)15(13)20/h1-6,12,21H,7H2/t12-/m1/s1. The molecule has 0 saturated carbocycles. The molecule has 124 valence electrons. The Morgan fingerprint density at radius 2 is 1.75 bits per heavy atom. The summed E-state index contributed by atoms with van der Waals surface area (Å²) in [6.45, 7) is 0. The van der Waals surface area contributed by atoms with Crippen LogP contribution in [-0.2, 0) is 9.59 Å². The highest BCUT2D eigenvalue weighted by Gasteiger charge is 2.40. The van der Waals surface area contributed by atoms with Crippen LogP contribution in [0, 0.1) is 0 Å². The minimum absolute atomic E-state index is 0.0133. The van der Waals surface area contributed by atoms with Gasteiger partial charge in [-0.1, -0.05) is 52.5 Å². The maximum Gasteiger partial charge on any atom is 0.256 e. The van der Waals surface area contributed by atoms with Gasteiger partial charge in [0.05, 0.1) is 32.9 Å². The van der Waals surface area contributed by atoms with E-state index in [2.05, 4.69) is 5.32 Å². The molecule has 1 aliphatic heterocycles. The Hall–Kier alpha value is -1.46. The normalized spacial score (nSPS) is 17.5. The van der Waals surface area contributed by atoms with E-state index in [1.165, 1.54) is 0 Å². The summed E-state index contributed by atoms with van der Waals surface area (Å²) < 4.78 is 0. The molecule has 4 nitrogen and oxygen atoms in total. The number of nitrogens with one attached hydrogen (secondary N) is 1. The molecule has 0 unspecified atom stereocenters. The van der Waals surface area contributed by atoms with Crippen LogP contribution in [0.5, 0.6) is 0 Å². The van der Waals surface area contributed by atoms with Crippen LogP contribution in [-0.4, -0.2) is 17.9 Å². The quantitative estimate of drug-likeness (QED) is 0.730. The predicted molar refractivity (Wildman–Crippen MR) is 97.4 cm³/mol. The van der Waals surface area contributed by atoms with Crippen molar-refractivity contribution in [2.24, 2.45) is 0 Å². The first-order valence-electron chi connectivity index (χ1n) is 6.91. The van der Waals surface area contributed by atoms with Crippen LogP contribution in [0.3, 0.4) is 0 Å². The van der Waals surface area contributed by atoms with Gasteiger partial charge in [-0.25, -0.2) is 4.90 Å². The van der Waals surface area contributed by atoms with Crippen LogP contribution < -0.4 is 10.2 Å². The number of rotatable bonds is 3. The second kappa shape index (κ2) is 6.81. The molecule has 0 aromatic heterocycles. The first-order valence-corrected chi connectivity index (χ1v) is 8.42. The van der Waals surface area contributed by atoms with E-state index in [-0.39, 0.29) is 28.1 Å². The van der Waals surface area contributed by atoms with E-state index in [1.54, 1.807) is 36.4 Å². The number of hydrogen-bond donors (Lipinski definition) is 1. The van der Waals surface area contributed by atoms with Gasteiger partial charge in [-0.15, -0.1) is 0 Å². The minimum atomic E-state index is -0.744. The molecule has 0 bridgehead atoms. The molecule has 2 aromatic rings. The van der Waals surface area contributed by atoms with Gasteiger partial charge in [0.2, 0.25) is 5.91 Å². The molecular formula is C16H10Cl4N2O2. The van der Waals surface area contributed by atoms with Gasteiger partial charge in [0.25, 0.3) is 5.91 Å². The topological polar surface area (TPSA) is 49.4 Å². The fraction of sp³-hybridized carbons (Fsp3) is 0.125. The van der Waals surface area contributed by atoms with E-state index in [4.69, 9.17) is 46.4 Å². The van der Waals surface area contributed by atoms with Gasteiger partial charge < -0.3 is 5.32 Å². The van der Waals surface area contributed by atoms with E-state index in [0.717, 1.165) is 4.90 Å². The number of hydrogen-bond acceptors (Lipinski definition) is 3. The molecule has 1 atom stereocenters. The molecule has 2 aromatic carbocycles. The van der Waals surface area contributed by atoms with Crippen molar-refractivity contribution >= 4 is 69.6 Å².